The summed E-state index contributed by atoms with van der Waals surface area (Å²) >= 11 is 0. The summed E-state index contributed by atoms with van der Waals surface area (Å²) in [6, 6.07) is 14.5. The van der Waals surface area contributed by atoms with Crippen molar-refractivity contribution in [3.05, 3.63) is 71.7 Å². The maximum Gasteiger partial charge on any atom is 0.242 e. The van der Waals surface area contributed by atoms with Crippen LogP contribution >= 0.6 is 0 Å². The molecule has 0 unspecified atom stereocenters. The van der Waals surface area contributed by atoms with E-state index in [-0.39, 0.29) is 17.6 Å². The van der Waals surface area contributed by atoms with Gasteiger partial charge in [-0.15, -0.1) is 0 Å². The van der Waals surface area contributed by atoms with Gasteiger partial charge in [0, 0.05) is 35.8 Å². The van der Waals surface area contributed by atoms with E-state index >= 15 is 0 Å². The van der Waals surface area contributed by atoms with Crippen LogP contribution < -0.4 is 5.73 Å². The fourth-order valence-electron chi connectivity index (χ4n) is 4.11. The van der Waals surface area contributed by atoms with Gasteiger partial charge in [0.2, 0.25) is 5.91 Å². The van der Waals surface area contributed by atoms with E-state index < -0.39 is 0 Å². The van der Waals surface area contributed by atoms with Crippen LogP contribution in [0.25, 0.3) is 10.9 Å². The molecule has 1 amide bonds. The van der Waals surface area contributed by atoms with Crippen LogP contribution in [0.3, 0.4) is 0 Å². The van der Waals surface area contributed by atoms with Crippen molar-refractivity contribution in [2.45, 2.75) is 25.8 Å². The number of piperidine rings is 1. The molecule has 3 N–H and O–H groups in total. The van der Waals surface area contributed by atoms with Gasteiger partial charge in [0.05, 0.1) is 0 Å². The van der Waals surface area contributed by atoms with Crippen LogP contribution in [0, 0.1) is 17.1 Å². The zero-order chi connectivity index (χ0) is 20.4. The SMILES string of the molecule is N=C(N)c1ccc2c(ccn2CC(=O)N2CCC(Cc3ccccc3F)CC2)c1. The first-order valence-electron chi connectivity index (χ1n) is 9.96. The molecule has 150 valence electrons. The number of nitrogens with one attached hydrogen (secondary N) is 1. The summed E-state index contributed by atoms with van der Waals surface area (Å²) in [5.41, 5.74) is 7.95. The van der Waals surface area contributed by atoms with Crippen LogP contribution in [0.2, 0.25) is 0 Å². The Balaban J connectivity index is 1.36. The molecule has 0 bridgehead atoms. The number of benzene rings is 2. The number of amidine groups is 1. The topological polar surface area (TPSA) is 75.1 Å². The highest BCUT2D eigenvalue weighted by atomic mass is 19.1. The van der Waals surface area contributed by atoms with Crippen molar-refractivity contribution in [2.75, 3.05) is 13.1 Å². The number of amides is 1. The van der Waals surface area contributed by atoms with Crippen molar-refractivity contribution >= 4 is 22.6 Å². The largest absolute Gasteiger partial charge is 0.384 e. The summed E-state index contributed by atoms with van der Waals surface area (Å²) < 4.78 is 15.8. The number of hydrogen-bond donors (Lipinski definition) is 2. The molecule has 3 aromatic rings. The molecule has 1 aliphatic heterocycles. The average molecular weight is 392 g/mol. The Morgan fingerprint density at radius 2 is 1.90 bits per heavy atom. The number of rotatable bonds is 5. The van der Waals surface area contributed by atoms with Crippen LogP contribution in [0.15, 0.2) is 54.7 Å². The predicted molar refractivity (Wildman–Crippen MR) is 112 cm³/mol. The van der Waals surface area contributed by atoms with Crippen molar-refractivity contribution in [2.24, 2.45) is 11.7 Å². The van der Waals surface area contributed by atoms with Crippen molar-refractivity contribution in [3.8, 4) is 0 Å². The summed E-state index contributed by atoms with van der Waals surface area (Å²) in [5, 5.41) is 8.52. The lowest BCUT2D eigenvalue weighted by Crippen LogP contribution is -2.40. The number of fused-ring (bicyclic) bond motifs is 1. The lowest BCUT2D eigenvalue weighted by molar-refractivity contribution is -0.133. The Labute approximate surface area is 169 Å². The molecule has 0 atom stereocenters. The average Bonchev–Trinajstić information content (AvgIpc) is 3.12. The maximum atomic E-state index is 13.9. The van der Waals surface area contributed by atoms with Gasteiger partial charge < -0.3 is 15.2 Å². The Hall–Kier alpha value is -3.15. The number of nitrogens with zero attached hydrogens (tertiary/aromatic N) is 2. The fraction of sp³-hybridized carbons (Fsp3) is 0.304. The van der Waals surface area contributed by atoms with E-state index in [1.165, 1.54) is 6.07 Å². The Morgan fingerprint density at radius 1 is 1.14 bits per heavy atom. The number of halogens is 1. The molecule has 1 aliphatic rings. The van der Waals surface area contributed by atoms with E-state index in [2.05, 4.69) is 0 Å². The molecule has 0 spiro atoms. The molecular formula is C23H25FN4O. The highest BCUT2D eigenvalue weighted by molar-refractivity contribution is 5.98. The minimum atomic E-state index is -0.140. The van der Waals surface area contributed by atoms with Crippen LogP contribution in [-0.4, -0.2) is 34.3 Å². The third kappa shape index (κ3) is 4.16. The van der Waals surface area contributed by atoms with E-state index in [1.807, 2.05) is 46.0 Å². The molecule has 0 radical (unpaired) electrons. The van der Waals surface area contributed by atoms with Gasteiger partial charge >= 0.3 is 0 Å². The molecular weight excluding hydrogens is 367 g/mol. The van der Waals surface area contributed by atoms with Gasteiger partial charge in [-0.25, -0.2) is 4.39 Å². The number of nitrogen functional groups attached to an aromatic ring is 1. The quantitative estimate of drug-likeness (QED) is 0.515. The first-order chi connectivity index (χ1) is 14.0. The van der Waals surface area contributed by atoms with Crippen LogP contribution in [-0.2, 0) is 17.8 Å². The highest BCUT2D eigenvalue weighted by Gasteiger charge is 2.24. The number of carbonyl (C=O) groups excluding carboxylic acids is 1. The van der Waals surface area contributed by atoms with E-state index in [0.717, 1.165) is 35.7 Å². The minimum absolute atomic E-state index is 0.0361. The molecule has 4 rings (SSSR count). The Bertz CT molecular complexity index is 1050. The van der Waals surface area contributed by atoms with Crippen molar-refractivity contribution in [1.29, 1.82) is 5.41 Å². The summed E-state index contributed by atoms with van der Waals surface area (Å²) in [7, 11) is 0. The van der Waals surface area contributed by atoms with Gasteiger partial charge in [-0.05, 0) is 61.1 Å². The van der Waals surface area contributed by atoms with Gasteiger partial charge in [0.15, 0.2) is 0 Å². The Morgan fingerprint density at radius 3 is 2.62 bits per heavy atom. The monoisotopic (exact) mass is 392 g/mol. The van der Waals surface area contributed by atoms with Crippen LogP contribution in [0.5, 0.6) is 0 Å². The van der Waals surface area contributed by atoms with Gasteiger partial charge in [0.1, 0.15) is 18.2 Å². The zero-order valence-electron chi connectivity index (χ0n) is 16.3. The van der Waals surface area contributed by atoms with Gasteiger partial charge in [-0.3, -0.25) is 10.2 Å². The molecule has 29 heavy (non-hydrogen) atoms. The van der Waals surface area contributed by atoms with Crippen molar-refractivity contribution in [3.63, 3.8) is 0 Å². The highest BCUT2D eigenvalue weighted by Crippen LogP contribution is 2.24. The lowest BCUT2D eigenvalue weighted by atomic mass is 9.90. The Kier molecular flexibility index (Phi) is 5.34. The number of hydrogen-bond acceptors (Lipinski definition) is 2. The molecule has 1 saturated heterocycles. The molecule has 5 nitrogen and oxygen atoms in total. The molecule has 0 aliphatic carbocycles. The second-order valence-electron chi connectivity index (χ2n) is 7.75. The smallest absolute Gasteiger partial charge is 0.242 e. The van der Waals surface area contributed by atoms with Gasteiger partial charge in [-0.1, -0.05) is 18.2 Å². The summed E-state index contributed by atoms with van der Waals surface area (Å²) in [6.07, 6.45) is 4.43. The summed E-state index contributed by atoms with van der Waals surface area (Å²) in [4.78, 5) is 14.7. The number of aromatic nitrogens is 1. The predicted octanol–water partition coefficient (Wildman–Crippen LogP) is 3.55. The van der Waals surface area contributed by atoms with Crippen molar-refractivity contribution in [1.82, 2.24) is 9.47 Å². The normalized spacial score (nSPS) is 15.0. The van der Waals surface area contributed by atoms with E-state index in [1.54, 1.807) is 12.1 Å². The molecule has 1 aromatic heterocycles. The summed E-state index contributed by atoms with van der Waals surface area (Å²) in [6.45, 7) is 1.72. The molecule has 1 fully saturated rings. The number of likely N-dealkylation sites (tertiary alicyclic amines) is 1. The van der Waals surface area contributed by atoms with Crippen LogP contribution in [0.1, 0.15) is 24.0 Å². The fourth-order valence-corrected chi connectivity index (χ4v) is 4.11. The van der Waals surface area contributed by atoms with Crippen molar-refractivity contribution < 1.29 is 9.18 Å². The number of nitrogens with two attached hydrogens (primary N) is 1. The molecule has 0 saturated carbocycles. The van der Waals surface area contributed by atoms with Crippen LogP contribution in [0.4, 0.5) is 4.39 Å². The standard InChI is InChI=1S/C23H25FN4O/c24-20-4-2-1-3-17(20)13-16-7-10-27(11-8-16)22(29)15-28-12-9-18-14-19(23(25)26)5-6-21(18)28/h1-6,9,12,14,16H,7-8,10-11,13,15H2,(H3,25,26). The number of carbonyl (C=O) groups is 1. The molecule has 6 heteroatoms. The maximum absolute atomic E-state index is 13.9. The third-order valence-corrected chi connectivity index (χ3v) is 5.82. The third-order valence-electron chi connectivity index (χ3n) is 5.82. The second kappa shape index (κ2) is 8.07. The van der Waals surface area contributed by atoms with Gasteiger partial charge in [-0.2, -0.15) is 0 Å². The first-order valence-corrected chi connectivity index (χ1v) is 9.96. The lowest BCUT2D eigenvalue weighted by Gasteiger charge is -2.32. The molecule has 2 aromatic carbocycles. The first kappa shape index (κ1) is 19.2. The summed E-state index contributed by atoms with van der Waals surface area (Å²) in [5.74, 6) is 0.406. The zero-order valence-corrected chi connectivity index (χ0v) is 16.3. The van der Waals surface area contributed by atoms with E-state index in [9.17, 15) is 9.18 Å². The van der Waals surface area contributed by atoms with E-state index in [4.69, 9.17) is 11.1 Å². The second-order valence-corrected chi connectivity index (χ2v) is 7.75. The van der Waals surface area contributed by atoms with Gasteiger partial charge in [0.25, 0.3) is 0 Å². The molecule has 2 heterocycles. The van der Waals surface area contributed by atoms with E-state index in [0.29, 0.717) is 31.1 Å². The minimum Gasteiger partial charge on any atom is -0.384 e.